The molecule has 3 rings (SSSR count). The van der Waals surface area contributed by atoms with Crippen LogP contribution in [0.1, 0.15) is 23.1 Å². The van der Waals surface area contributed by atoms with Gasteiger partial charge in [0.2, 0.25) is 0 Å². The van der Waals surface area contributed by atoms with Crippen LogP contribution in [0.25, 0.3) is 5.65 Å². The van der Waals surface area contributed by atoms with Gasteiger partial charge in [-0.15, -0.1) is 14.8 Å². The van der Waals surface area contributed by atoms with E-state index in [-0.39, 0.29) is 0 Å². The number of nitrogens with one attached hydrogen (secondary N) is 1. The van der Waals surface area contributed by atoms with E-state index in [1.54, 1.807) is 0 Å². The van der Waals surface area contributed by atoms with Gasteiger partial charge in [-0.3, -0.25) is 0 Å². The van der Waals surface area contributed by atoms with Gasteiger partial charge in [-0.25, -0.2) is 0 Å². The molecule has 0 aliphatic heterocycles. The van der Waals surface area contributed by atoms with Crippen LogP contribution < -0.4 is 10.1 Å². The van der Waals surface area contributed by atoms with Crippen molar-refractivity contribution in [3.8, 4) is 5.75 Å². The van der Waals surface area contributed by atoms with Crippen molar-refractivity contribution in [3.63, 3.8) is 0 Å². The molecule has 0 saturated carbocycles. The standard InChI is InChI=1S/C16H20N6O/c1-11-9-12(2)13(3)14(10-11)23-8-4-7-17-15-5-6-16-18-20-21-22(16)19-15/h5-6,9-10H,4,7-8H2,1-3H3,(H,17,19). The highest BCUT2D eigenvalue weighted by atomic mass is 16.5. The molecule has 7 heteroatoms. The monoisotopic (exact) mass is 312 g/mol. The first-order chi connectivity index (χ1) is 11.1. The van der Waals surface area contributed by atoms with Crippen molar-refractivity contribution in [1.29, 1.82) is 0 Å². The lowest BCUT2D eigenvalue weighted by Gasteiger charge is -2.12. The molecule has 0 aliphatic rings. The quantitative estimate of drug-likeness (QED) is 0.704. The molecular formula is C16H20N6O. The third-order valence-corrected chi connectivity index (χ3v) is 3.72. The fourth-order valence-electron chi connectivity index (χ4n) is 2.37. The topological polar surface area (TPSA) is 77.2 Å². The summed E-state index contributed by atoms with van der Waals surface area (Å²) >= 11 is 0. The van der Waals surface area contributed by atoms with Crippen molar-refractivity contribution < 1.29 is 4.74 Å². The van der Waals surface area contributed by atoms with Crippen LogP contribution in [0.2, 0.25) is 0 Å². The van der Waals surface area contributed by atoms with E-state index in [4.69, 9.17) is 4.74 Å². The van der Waals surface area contributed by atoms with E-state index in [0.29, 0.717) is 12.3 Å². The number of rotatable bonds is 6. The van der Waals surface area contributed by atoms with Crippen molar-refractivity contribution >= 4 is 11.5 Å². The summed E-state index contributed by atoms with van der Waals surface area (Å²) in [4.78, 5) is 0. The molecule has 0 radical (unpaired) electrons. The maximum Gasteiger partial charge on any atom is 0.200 e. The summed E-state index contributed by atoms with van der Waals surface area (Å²) in [5.41, 5.74) is 4.32. The second-order valence-electron chi connectivity index (χ2n) is 5.58. The SMILES string of the molecule is Cc1cc(C)c(C)c(OCCCNc2ccc3nnnn3n2)c1. The van der Waals surface area contributed by atoms with Gasteiger partial charge in [-0.2, -0.15) is 0 Å². The summed E-state index contributed by atoms with van der Waals surface area (Å²) in [6.07, 6.45) is 0.877. The fourth-order valence-corrected chi connectivity index (χ4v) is 2.37. The number of hydrogen-bond acceptors (Lipinski definition) is 6. The lowest BCUT2D eigenvalue weighted by Crippen LogP contribution is -2.10. The Morgan fingerprint density at radius 3 is 2.91 bits per heavy atom. The number of aromatic nitrogens is 5. The minimum absolute atomic E-state index is 0.629. The van der Waals surface area contributed by atoms with Crippen LogP contribution in [0.5, 0.6) is 5.75 Å². The Hall–Kier alpha value is -2.70. The van der Waals surface area contributed by atoms with E-state index in [0.717, 1.165) is 24.5 Å². The van der Waals surface area contributed by atoms with E-state index in [9.17, 15) is 0 Å². The molecule has 1 N–H and O–H groups in total. The van der Waals surface area contributed by atoms with Gasteiger partial charge in [0.1, 0.15) is 11.6 Å². The molecule has 0 aliphatic carbocycles. The summed E-state index contributed by atoms with van der Waals surface area (Å²) in [6, 6.07) is 7.94. The van der Waals surface area contributed by atoms with E-state index in [2.05, 4.69) is 58.8 Å². The Balaban J connectivity index is 1.48. The fraction of sp³-hybridized carbons (Fsp3) is 0.375. The predicted octanol–water partition coefficient (Wildman–Crippen LogP) is 2.33. The molecule has 2 heterocycles. The Morgan fingerprint density at radius 2 is 2.04 bits per heavy atom. The van der Waals surface area contributed by atoms with Gasteiger partial charge in [-0.1, -0.05) is 6.07 Å². The molecule has 2 aromatic heterocycles. The maximum atomic E-state index is 5.90. The zero-order valence-corrected chi connectivity index (χ0v) is 13.6. The zero-order chi connectivity index (χ0) is 16.2. The van der Waals surface area contributed by atoms with Gasteiger partial charge in [0.05, 0.1) is 6.61 Å². The third-order valence-electron chi connectivity index (χ3n) is 3.72. The van der Waals surface area contributed by atoms with Crippen LogP contribution in [0.3, 0.4) is 0 Å². The molecule has 3 aromatic rings. The van der Waals surface area contributed by atoms with Crippen LogP contribution >= 0.6 is 0 Å². The number of benzene rings is 1. The van der Waals surface area contributed by atoms with Crippen LogP contribution in [-0.2, 0) is 0 Å². The molecule has 120 valence electrons. The Morgan fingerprint density at radius 1 is 1.17 bits per heavy atom. The van der Waals surface area contributed by atoms with Gasteiger partial charge in [0.25, 0.3) is 0 Å². The van der Waals surface area contributed by atoms with Gasteiger partial charge in [-0.05, 0) is 72.5 Å². The molecule has 0 spiro atoms. The minimum Gasteiger partial charge on any atom is -0.493 e. The predicted molar refractivity (Wildman–Crippen MR) is 87.8 cm³/mol. The Kier molecular flexibility index (Phi) is 4.36. The number of aryl methyl sites for hydroxylation is 2. The van der Waals surface area contributed by atoms with Crippen molar-refractivity contribution in [3.05, 3.63) is 41.0 Å². The second kappa shape index (κ2) is 6.60. The van der Waals surface area contributed by atoms with Crippen LogP contribution in [0, 0.1) is 20.8 Å². The molecular weight excluding hydrogens is 292 g/mol. The van der Waals surface area contributed by atoms with E-state index >= 15 is 0 Å². The summed E-state index contributed by atoms with van der Waals surface area (Å²) in [7, 11) is 0. The summed E-state index contributed by atoms with van der Waals surface area (Å²) in [6.45, 7) is 7.71. The highest BCUT2D eigenvalue weighted by Crippen LogP contribution is 2.23. The molecule has 7 nitrogen and oxygen atoms in total. The molecule has 0 atom stereocenters. The molecule has 0 fully saturated rings. The van der Waals surface area contributed by atoms with Crippen LogP contribution in [0.15, 0.2) is 24.3 Å². The average Bonchev–Trinajstić information content (AvgIpc) is 2.99. The van der Waals surface area contributed by atoms with Crippen molar-refractivity contribution in [2.45, 2.75) is 27.2 Å². The summed E-state index contributed by atoms with van der Waals surface area (Å²) in [5.74, 6) is 1.71. The highest BCUT2D eigenvalue weighted by molar-refractivity contribution is 5.42. The Labute approximate surface area is 134 Å². The average molecular weight is 312 g/mol. The highest BCUT2D eigenvalue weighted by Gasteiger charge is 2.04. The molecule has 0 saturated heterocycles. The number of tetrazole rings is 1. The van der Waals surface area contributed by atoms with E-state index in [1.807, 2.05) is 12.1 Å². The second-order valence-corrected chi connectivity index (χ2v) is 5.58. The lowest BCUT2D eigenvalue weighted by molar-refractivity contribution is 0.312. The molecule has 0 unspecified atom stereocenters. The number of ether oxygens (including phenoxy) is 1. The van der Waals surface area contributed by atoms with Crippen molar-refractivity contribution in [2.75, 3.05) is 18.5 Å². The minimum atomic E-state index is 0.629. The zero-order valence-electron chi connectivity index (χ0n) is 13.6. The van der Waals surface area contributed by atoms with E-state index in [1.165, 1.54) is 21.3 Å². The van der Waals surface area contributed by atoms with Crippen LogP contribution in [0.4, 0.5) is 5.82 Å². The summed E-state index contributed by atoms with van der Waals surface area (Å²) in [5, 5.41) is 18.6. The maximum absolute atomic E-state index is 5.90. The van der Waals surface area contributed by atoms with E-state index < -0.39 is 0 Å². The van der Waals surface area contributed by atoms with Gasteiger partial charge in [0, 0.05) is 6.54 Å². The lowest BCUT2D eigenvalue weighted by atomic mass is 10.1. The summed E-state index contributed by atoms with van der Waals surface area (Å²) < 4.78 is 7.30. The number of fused-ring (bicyclic) bond motifs is 1. The molecule has 0 amide bonds. The first-order valence-corrected chi connectivity index (χ1v) is 7.63. The molecule has 23 heavy (non-hydrogen) atoms. The van der Waals surface area contributed by atoms with Gasteiger partial charge in [0.15, 0.2) is 5.65 Å². The van der Waals surface area contributed by atoms with Crippen LogP contribution in [-0.4, -0.2) is 38.4 Å². The first-order valence-electron chi connectivity index (χ1n) is 7.63. The molecule has 0 bridgehead atoms. The van der Waals surface area contributed by atoms with Crippen molar-refractivity contribution in [1.82, 2.24) is 25.3 Å². The van der Waals surface area contributed by atoms with Crippen molar-refractivity contribution in [2.24, 2.45) is 0 Å². The van der Waals surface area contributed by atoms with Gasteiger partial charge < -0.3 is 10.1 Å². The number of nitrogens with zero attached hydrogens (tertiary/aromatic N) is 5. The Bertz CT molecular complexity index is 813. The largest absolute Gasteiger partial charge is 0.493 e. The number of hydrogen-bond donors (Lipinski definition) is 1. The number of anilines is 1. The molecule has 1 aromatic carbocycles. The van der Waals surface area contributed by atoms with Gasteiger partial charge >= 0.3 is 0 Å². The first kappa shape index (κ1) is 15.2. The third kappa shape index (κ3) is 3.56. The normalized spacial score (nSPS) is 10.9. The smallest absolute Gasteiger partial charge is 0.200 e.